The van der Waals surface area contributed by atoms with Crippen LogP contribution in [0.25, 0.3) is 0 Å². The summed E-state index contributed by atoms with van der Waals surface area (Å²) in [6.45, 7) is 5.13. The number of carbonyl (C=O) groups excluding carboxylic acids is 2. The molecule has 122 valence electrons. The zero-order chi connectivity index (χ0) is 17.1. The summed E-state index contributed by atoms with van der Waals surface area (Å²) in [5, 5.41) is 10.1. The molecule has 0 aliphatic carbocycles. The minimum Gasteiger partial charge on any atom is -0.503 e. The number of aliphatic hydroxyl groups excluding tert-OH is 1. The maximum atomic E-state index is 12.3. The van der Waals surface area contributed by atoms with Crippen molar-refractivity contribution in [1.29, 1.82) is 0 Å². The molecule has 0 bridgehead atoms. The number of benzene rings is 1. The molecule has 1 aliphatic rings. The van der Waals surface area contributed by atoms with Crippen LogP contribution in [0.3, 0.4) is 0 Å². The molecule has 0 radical (unpaired) electrons. The lowest BCUT2D eigenvalue weighted by molar-refractivity contribution is -0.128. The number of Topliss-reactive ketones (excluding diaryl/α,β-unsaturated/α-hetero) is 1. The van der Waals surface area contributed by atoms with Gasteiger partial charge in [-0.15, -0.1) is 6.58 Å². The number of amides is 1. The number of methoxy groups -OCH3 is 2. The van der Waals surface area contributed by atoms with Crippen molar-refractivity contribution in [2.24, 2.45) is 0 Å². The Morgan fingerprint density at radius 2 is 2.09 bits per heavy atom. The van der Waals surface area contributed by atoms with Crippen molar-refractivity contribution < 1.29 is 24.2 Å². The van der Waals surface area contributed by atoms with Gasteiger partial charge in [0.25, 0.3) is 5.91 Å². The molecule has 1 aromatic rings. The molecule has 23 heavy (non-hydrogen) atoms. The Hall–Kier alpha value is -2.76. The van der Waals surface area contributed by atoms with E-state index in [1.165, 1.54) is 32.1 Å². The van der Waals surface area contributed by atoms with Gasteiger partial charge >= 0.3 is 0 Å². The van der Waals surface area contributed by atoms with Crippen LogP contribution in [0, 0.1) is 0 Å². The average Bonchev–Trinajstić information content (AvgIpc) is 2.79. The second-order valence-corrected chi connectivity index (χ2v) is 5.08. The van der Waals surface area contributed by atoms with Gasteiger partial charge in [-0.1, -0.05) is 6.08 Å². The third-order valence-electron chi connectivity index (χ3n) is 3.74. The van der Waals surface area contributed by atoms with Crippen LogP contribution in [0.4, 0.5) is 0 Å². The zero-order valence-electron chi connectivity index (χ0n) is 13.3. The largest absolute Gasteiger partial charge is 0.503 e. The van der Waals surface area contributed by atoms with Gasteiger partial charge in [0, 0.05) is 18.2 Å². The molecule has 1 atom stereocenters. The summed E-state index contributed by atoms with van der Waals surface area (Å²) in [6.07, 6.45) is 1.54. The fourth-order valence-electron chi connectivity index (χ4n) is 2.71. The second kappa shape index (κ2) is 6.56. The van der Waals surface area contributed by atoms with E-state index >= 15 is 0 Å². The number of hydrogen-bond donors (Lipinski definition) is 1. The van der Waals surface area contributed by atoms with Crippen molar-refractivity contribution in [3.8, 4) is 11.5 Å². The number of ketones is 1. The number of nitrogens with zero attached hydrogens (tertiary/aromatic N) is 1. The minimum atomic E-state index is -0.723. The Morgan fingerprint density at radius 1 is 1.39 bits per heavy atom. The van der Waals surface area contributed by atoms with Gasteiger partial charge in [0.05, 0.1) is 25.8 Å². The highest BCUT2D eigenvalue weighted by molar-refractivity contribution is 6.08. The van der Waals surface area contributed by atoms with Crippen LogP contribution in [0.2, 0.25) is 0 Å². The maximum absolute atomic E-state index is 12.3. The number of carbonyl (C=O) groups is 2. The van der Waals surface area contributed by atoms with E-state index in [0.717, 1.165) is 0 Å². The molecule has 1 aliphatic heterocycles. The predicted molar refractivity (Wildman–Crippen MR) is 84.5 cm³/mol. The predicted octanol–water partition coefficient (Wildman–Crippen LogP) is 2.17. The summed E-state index contributed by atoms with van der Waals surface area (Å²) < 4.78 is 10.5. The van der Waals surface area contributed by atoms with E-state index in [0.29, 0.717) is 17.1 Å². The fourth-order valence-corrected chi connectivity index (χ4v) is 2.71. The lowest BCUT2D eigenvalue weighted by Gasteiger charge is -2.26. The summed E-state index contributed by atoms with van der Waals surface area (Å²) >= 11 is 0. The molecule has 2 rings (SSSR count). The first-order chi connectivity index (χ1) is 11.0. The van der Waals surface area contributed by atoms with Gasteiger partial charge in [0.1, 0.15) is 11.5 Å². The van der Waals surface area contributed by atoms with Crippen molar-refractivity contribution in [3.05, 3.63) is 47.7 Å². The Kier molecular flexibility index (Phi) is 4.74. The zero-order valence-corrected chi connectivity index (χ0v) is 13.3. The quantitative estimate of drug-likeness (QED) is 0.814. The summed E-state index contributed by atoms with van der Waals surface area (Å²) in [4.78, 5) is 25.6. The molecular weight excluding hydrogens is 298 g/mol. The molecule has 0 fully saturated rings. The highest BCUT2D eigenvalue weighted by atomic mass is 16.5. The van der Waals surface area contributed by atoms with E-state index in [2.05, 4.69) is 6.58 Å². The van der Waals surface area contributed by atoms with Crippen molar-refractivity contribution in [2.75, 3.05) is 20.8 Å². The maximum Gasteiger partial charge on any atom is 0.290 e. The number of rotatable bonds is 6. The highest BCUT2D eigenvalue weighted by Gasteiger charge is 2.42. The van der Waals surface area contributed by atoms with Crippen LogP contribution in [0.5, 0.6) is 11.5 Å². The Labute approximate surface area is 134 Å². The molecule has 0 unspecified atom stereocenters. The Bertz CT molecular complexity index is 692. The highest BCUT2D eigenvalue weighted by Crippen LogP contribution is 2.42. The van der Waals surface area contributed by atoms with Crippen LogP contribution >= 0.6 is 0 Å². The molecule has 1 N–H and O–H groups in total. The van der Waals surface area contributed by atoms with Gasteiger partial charge in [-0.05, 0) is 19.1 Å². The van der Waals surface area contributed by atoms with Crippen molar-refractivity contribution >= 4 is 11.7 Å². The minimum absolute atomic E-state index is 0.0558. The molecule has 1 amide bonds. The summed E-state index contributed by atoms with van der Waals surface area (Å²) in [5.74, 6) is -0.446. The van der Waals surface area contributed by atoms with Crippen molar-refractivity contribution in [1.82, 2.24) is 4.90 Å². The van der Waals surface area contributed by atoms with E-state index in [4.69, 9.17) is 9.47 Å². The molecule has 0 saturated carbocycles. The summed E-state index contributed by atoms with van der Waals surface area (Å²) in [5.41, 5.74) is 0.651. The third-order valence-corrected chi connectivity index (χ3v) is 3.74. The molecule has 0 spiro atoms. The lowest BCUT2D eigenvalue weighted by atomic mass is 9.95. The monoisotopic (exact) mass is 317 g/mol. The van der Waals surface area contributed by atoms with Crippen LogP contribution in [0.15, 0.2) is 42.2 Å². The van der Waals surface area contributed by atoms with Gasteiger partial charge in [0.15, 0.2) is 11.5 Å². The molecular formula is C17H19NO5. The Morgan fingerprint density at radius 3 is 2.61 bits per heavy atom. The fraction of sp³-hybridized carbons (Fsp3) is 0.294. The first kappa shape index (κ1) is 16.6. The second-order valence-electron chi connectivity index (χ2n) is 5.08. The average molecular weight is 317 g/mol. The van der Waals surface area contributed by atoms with Crippen LogP contribution in [0.1, 0.15) is 18.5 Å². The first-order valence-corrected chi connectivity index (χ1v) is 7.04. The van der Waals surface area contributed by atoms with E-state index in [1.54, 1.807) is 18.2 Å². The summed E-state index contributed by atoms with van der Waals surface area (Å²) in [6, 6.07) is 4.37. The smallest absolute Gasteiger partial charge is 0.290 e. The topological polar surface area (TPSA) is 76.1 Å². The number of aliphatic hydroxyl groups is 1. The standard InChI is InChI=1S/C17H19NO5/c1-5-8-18-15(14(10(2)19)16(20)17(18)21)12-7-6-11(22-3)9-13(12)23-4/h5-7,9,15,20H,1,8H2,2-4H3/t15-/m0/s1. The molecule has 0 saturated heterocycles. The number of hydrogen-bond acceptors (Lipinski definition) is 5. The molecule has 1 heterocycles. The molecule has 0 aromatic heterocycles. The normalized spacial score (nSPS) is 17.4. The number of ether oxygens (including phenoxy) is 2. The van der Waals surface area contributed by atoms with E-state index < -0.39 is 17.7 Å². The molecule has 6 nitrogen and oxygen atoms in total. The molecule has 6 heteroatoms. The summed E-state index contributed by atoms with van der Waals surface area (Å²) in [7, 11) is 3.02. The first-order valence-electron chi connectivity index (χ1n) is 7.04. The van der Waals surface area contributed by atoms with Gasteiger partial charge < -0.3 is 19.5 Å². The van der Waals surface area contributed by atoms with Gasteiger partial charge in [-0.3, -0.25) is 9.59 Å². The van der Waals surface area contributed by atoms with Gasteiger partial charge in [-0.2, -0.15) is 0 Å². The van der Waals surface area contributed by atoms with E-state index in [1.807, 2.05) is 0 Å². The third kappa shape index (κ3) is 2.79. The van der Waals surface area contributed by atoms with E-state index in [9.17, 15) is 14.7 Å². The van der Waals surface area contributed by atoms with Crippen LogP contribution < -0.4 is 9.47 Å². The van der Waals surface area contributed by atoms with Crippen LogP contribution in [-0.4, -0.2) is 42.5 Å². The van der Waals surface area contributed by atoms with Crippen molar-refractivity contribution in [3.63, 3.8) is 0 Å². The SMILES string of the molecule is C=CCN1C(=O)C(O)=C(C(C)=O)[C@@H]1c1ccc(OC)cc1OC. The van der Waals surface area contributed by atoms with Gasteiger partial charge in [-0.25, -0.2) is 0 Å². The van der Waals surface area contributed by atoms with Crippen LogP contribution in [-0.2, 0) is 9.59 Å². The van der Waals surface area contributed by atoms with Crippen molar-refractivity contribution in [2.45, 2.75) is 13.0 Å². The molecule has 1 aromatic carbocycles. The van der Waals surface area contributed by atoms with E-state index in [-0.39, 0.29) is 17.9 Å². The lowest BCUT2D eigenvalue weighted by Crippen LogP contribution is -2.31. The Balaban J connectivity index is 2.63. The van der Waals surface area contributed by atoms with Gasteiger partial charge in [0.2, 0.25) is 0 Å².